The SMILES string of the molecule is CCc1cc2c(Nc3cc(OC)ccc3OC)ncnc2s1. The molecule has 0 saturated heterocycles. The fourth-order valence-electron chi connectivity index (χ4n) is 2.22. The quantitative estimate of drug-likeness (QED) is 0.771. The van der Waals surface area contributed by atoms with Gasteiger partial charge in [-0.2, -0.15) is 0 Å². The van der Waals surface area contributed by atoms with E-state index in [0.29, 0.717) is 0 Å². The Hall–Kier alpha value is -2.34. The molecule has 3 aromatic rings. The molecule has 2 heterocycles. The monoisotopic (exact) mass is 315 g/mol. The van der Waals surface area contributed by atoms with Crippen LogP contribution >= 0.6 is 11.3 Å². The van der Waals surface area contributed by atoms with Crippen molar-refractivity contribution in [3.8, 4) is 11.5 Å². The summed E-state index contributed by atoms with van der Waals surface area (Å²) in [6.45, 7) is 2.14. The number of hydrogen-bond acceptors (Lipinski definition) is 6. The first-order valence-corrected chi connectivity index (χ1v) is 7.79. The highest BCUT2D eigenvalue weighted by Gasteiger charge is 2.11. The van der Waals surface area contributed by atoms with Gasteiger partial charge in [0, 0.05) is 10.9 Å². The smallest absolute Gasteiger partial charge is 0.142 e. The number of aryl methyl sites for hydroxylation is 1. The van der Waals surface area contributed by atoms with E-state index in [0.717, 1.165) is 39.6 Å². The zero-order valence-electron chi connectivity index (χ0n) is 12.7. The van der Waals surface area contributed by atoms with Gasteiger partial charge in [-0.3, -0.25) is 0 Å². The van der Waals surface area contributed by atoms with Gasteiger partial charge in [0.25, 0.3) is 0 Å². The first-order valence-electron chi connectivity index (χ1n) is 6.97. The normalized spacial score (nSPS) is 10.7. The molecule has 22 heavy (non-hydrogen) atoms. The van der Waals surface area contributed by atoms with Crippen molar-refractivity contribution in [3.63, 3.8) is 0 Å². The predicted octanol–water partition coefficient (Wildman–Crippen LogP) is 4.01. The Morgan fingerprint density at radius 2 is 2.00 bits per heavy atom. The predicted molar refractivity (Wildman–Crippen MR) is 89.6 cm³/mol. The minimum Gasteiger partial charge on any atom is -0.497 e. The topological polar surface area (TPSA) is 56.3 Å². The van der Waals surface area contributed by atoms with Crippen LogP contribution in [-0.4, -0.2) is 24.2 Å². The third-order valence-corrected chi connectivity index (χ3v) is 4.58. The molecule has 114 valence electrons. The van der Waals surface area contributed by atoms with Crippen LogP contribution in [0.3, 0.4) is 0 Å². The summed E-state index contributed by atoms with van der Waals surface area (Å²) >= 11 is 1.69. The Balaban J connectivity index is 2.04. The summed E-state index contributed by atoms with van der Waals surface area (Å²) < 4.78 is 10.7. The van der Waals surface area contributed by atoms with Gasteiger partial charge >= 0.3 is 0 Å². The molecule has 2 aromatic heterocycles. The fraction of sp³-hybridized carbons (Fsp3) is 0.250. The molecule has 0 aliphatic carbocycles. The van der Waals surface area contributed by atoms with Crippen LogP contribution in [0.15, 0.2) is 30.6 Å². The molecule has 0 atom stereocenters. The standard InChI is InChI=1S/C16H17N3O2S/c1-4-11-8-12-15(17-9-18-16(12)22-11)19-13-7-10(20-2)5-6-14(13)21-3/h5-9H,4H2,1-3H3,(H,17,18,19). The maximum Gasteiger partial charge on any atom is 0.142 e. The summed E-state index contributed by atoms with van der Waals surface area (Å²) in [5.41, 5.74) is 0.811. The molecule has 0 aliphatic rings. The number of thiophene rings is 1. The maximum atomic E-state index is 5.40. The molecule has 0 amide bonds. The Bertz CT molecular complexity index is 801. The Labute approximate surface area is 132 Å². The van der Waals surface area contributed by atoms with Gasteiger partial charge in [-0.1, -0.05) is 6.92 Å². The number of ether oxygens (including phenoxy) is 2. The molecular formula is C16H17N3O2S. The lowest BCUT2D eigenvalue weighted by molar-refractivity contribution is 0.405. The van der Waals surface area contributed by atoms with Crippen molar-refractivity contribution in [2.75, 3.05) is 19.5 Å². The fourth-order valence-corrected chi connectivity index (χ4v) is 3.15. The lowest BCUT2D eigenvalue weighted by Crippen LogP contribution is -1.98. The molecule has 0 aliphatic heterocycles. The summed E-state index contributed by atoms with van der Waals surface area (Å²) in [4.78, 5) is 11.0. The number of fused-ring (bicyclic) bond motifs is 1. The van der Waals surface area contributed by atoms with Gasteiger partial charge in [0.15, 0.2) is 0 Å². The van der Waals surface area contributed by atoms with E-state index in [1.165, 1.54) is 4.88 Å². The van der Waals surface area contributed by atoms with Gasteiger partial charge in [-0.25, -0.2) is 9.97 Å². The average Bonchev–Trinajstić information content (AvgIpc) is 2.99. The van der Waals surface area contributed by atoms with Crippen molar-refractivity contribution in [1.29, 1.82) is 0 Å². The molecule has 0 saturated carbocycles. The molecule has 0 fully saturated rings. The van der Waals surface area contributed by atoms with Crippen LogP contribution in [0.5, 0.6) is 11.5 Å². The molecular weight excluding hydrogens is 298 g/mol. The van der Waals surface area contributed by atoms with Crippen LogP contribution in [0.25, 0.3) is 10.2 Å². The lowest BCUT2D eigenvalue weighted by Gasteiger charge is -2.12. The van der Waals surface area contributed by atoms with Gasteiger partial charge in [-0.15, -0.1) is 11.3 Å². The van der Waals surface area contributed by atoms with E-state index >= 15 is 0 Å². The molecule has 1 N–H and O–H groups in total. The highest BCUT2D eigenvalue weighted by atomic mass is 32.1. The number of aromatic nitrogens is 2. The van der Waals surface area contributed by atoms with Crippen LogP contribution in [0, 0.1) is 0 Å². The van der Waals surface area contributed by atoms with Crippen molar-refractivity contribution in [3.05, 3.63) is 35.5 Å². The van der Waals surface area contributed by atoms with Gasteiger partial charge in [0.05, 0.1) is 25.3 Å². The highest BCUT2D eigenvalue weighted by Crippen LogP contribution is 2.34. The minimum absolute atomic E-state index is 0.735. The van der Waals surface area contributed by atoms with Crippen molar-refractivity contribution in [2.24, 2.45) is 0 Å². The number of nitrogens with one attached hydrogen (secondary N) is 1. The third-order valence-electron chi connectivity index (χ3n) is 3.39. The molecule has 0 spiro atoms. The van der Waals surface area contributed by atoms with Crippen molar-refractivity contribution >= 4 is 33.1 Å². The average molecular weight is 315 g/mol. The Kier molecular flexibility index (Phi) is 4.11. The molecule has 0 bridgehead atoms. The largest absolute Gasteiger partial charge is 0.497 e. The number of nitrogens with zero attached hydrogens (tertiary/aromatic N) is 2. The number of rotatable bonds is 5. The first-order chi connectivity index (χ1) is 10.7. The second-order valence-corrected chi connectivity index (χ2v) is 5.81. The van der Waals surface area contributed by atoms with E-state index < -0.39 is 0 Å². The lowest BCUT2D eigenvalue weighted by atomic mass is 10.2. The summed E-state index contributed by atoms with van der Waals surface area (Å²) in [5, 5.41) is 4.35. The molecule has 1 aromatic carbocycles. The molecule has 5 nitrogen and oxygen atoms in total. The zero-order chi connectivity index (χ0) is 15.5. The van der Waals surface area contributed by atoms with E-state index in [-0.39, 0.29) is 0 Å². The summed E-state index contributed by atoms with van der Waals surface area (Å²) in [6.07, 6.45) is 2.57. The molecule has 3 rings (SSSR count). The molecule has 6 heteroatoms. The van der Waals surface area contributed by atoms with Gasteiger partial charge in [-0.05, 0) is 24.6 Å². The van der Waals surface area contributed by atoms with Crippen LogP contribution in [0.1, 0.15) is 11.8 Å². The second kappa shape index (κ2) is 6.19. The second-order valence-electron chi connectivity index (χ2n) is 4.70. The summed E-state index contributed by atoms with van der Waals surface area (Å²) in [6, 6.07) is 7.75. The summed E-state index contributed by atoms with van der Waals surface area (Å²) in [7, 11) is 3.28. The maximum absolute atomic E-state index is 5.40. The van der Waals surface area contributed by atoms with E-state index in [4.69, 9.17) is 9.47 Å². The summed E-state index contributed by atoms with van der Waals surface area (Å²) in [5.74, 6) is 2.26. The third kappa shape index (κ3) is 2.69. The van der Waals surface area contributed by atoms with Crippen LogP contribution < -0.4 is 14.8 Å². The molecule has 0 radical (unpaired) electrons. The van der Waals surface area contributed by atoms with Crippen LogP contribution in [-0.2, 0) is 6.42 Å². The number of anilines is 2. The Morgan fingerprint density at radius 3 is 2.73 bits per heavy atom. The van der Waals surface area contributed by atoms with E-state index in [1.807, 2.05) is 18.2 Å². The van der Waals surface area contributed by atoms with Gasteiger partial charge in [0.1, 0.15) is 28.5 Å². The number of benzene rings is 1. The van der Waals surface area contributed by atoms with Crippen molar-refractivity contribution < 1.29 is 9.47 Å². The minimum atomic E-state index is 0.735. The van der Waals surface area contributed by atoms with E-state index in [2.05, 4.69) is 28.3 Å². The highest BCUT2D eigenvalue weighted by molar-refractivity contribution is 7.18. The van der Waals surface area contributed by atoms with Crippen LogP contribution in [0.2, 0.25) is 0 Å². The van der Waals surface area contributed by atoms with Crippen LogP contribution in [0.4, 0.5) is 11.5 Å². The Morgan fingerprint density at radius 1 is 1.14 bits per heavy atom. The van der Waals surface area contributed by atoms with E-state index in [9.17, 15) is 0 Å². The number of hydrogen-bond donors (Lipinski definition) is 1. The molecule has 0 unspecified atom stereocenters. The zero-order valence-corrected chi connectivity index (χ0v) is 13.5. The van der Waals surface area contributed by atoms with Crippen molar-refractivity contribution in [1.82, 2.24) is 9.97 Å². The van der Waals surface area contributed by atoms with Gasteiger partial charge in [0.2, 0.25) is 0 Å². The van der Waals surface area contributed by atoms with Gasteiger partial charge < -0.3 is 14.8 Å². The van der Waals surface area contributed by atoms with Crippen molar-refractivity contribution in [2.45, 2.75) is 13.3 Å². The first kappa shape index (κ1) is 14.6. The number of methoxy groups -OCH3 is 2. The van der Waals surface area contributed by atoms with E-state index in [1.54, 1.807) is 31.9 Å².